The Labute approximate surface area is 396 Å². The first-order chi connectivity index (χ1) is 30.4. The van der Waals surface area contributed by atoms with Crippen molar-refractivity contribution in [2.75, 3.05) is 26.2 Å². The molecule has 0 aromatic rings. The number of unbranched alkanes of at least 4 members (excludes halogenated alkanes) is 1. The van der Waals surface area contributed by atoms with Crippen LogP contribution in [0.5, 0.6) is 0 Å². The van der Waals surface area contributed by atoms with Crippen LogP contribution in [0.2, 0.25) is 0 Å². The van der Waals surface area contributed by atoms with E-state index in [1.54, 1.807) is 0 Å². The van der Waals surface area contributed by atoms with E-state index in [0.29, 0.717) is 31.3 Å². The monoisotopic (exact) mass is 913 g/mol. The molecule has 0 bridgehead atoms. The summed E-state index contributed by atoms with van der Waals surface area (Å²) in [5.41, 5.74) is 1.09. The van der Waals surface area contributed by atoms with Gasteiger partial charge in [-0.1, -0.05) is 65.5 Å². The van der Waals surface area contributed by atoms with E-state index in [2.05, 4.69) is 56.6 Å². The molecular formula is C54H96N4O7. The Kier molecular flexibility index (Phi) is 20.6. The molecule has 0 aromatic heterocycles. The zero-order valence-corrected chi connectivity index (χ0v) is 43.6. The summed E-state index contributed by atoms with van der Waals surface area (Å²) in [5.74, 6) is 4.64. The standard InChI is InChI=1S/C54H96N4O7/c1-37(2)18-16-19-38(3)44-24-25-45-43-23-22-41-36-42(26-30-53(41,12)46(43)27-31-54(44,45)13)63-48(60)21-17-20-47(59)58(35-29-40(5)57-50(62)65-52(9,10)11)34-15-14-32-55-33-28-39(4)56-49(61)64-51(6,7)8/h22,37-40,42-46,55H,14-21,23-36H2,1-13H3,(H,56,61)(H,57,62)/t38?,39?,40?,42-,43-,44+,45-,46-,53-,54+/m0/s1. The lowest BCUT2D eigenvalue weighted by Crippen LogP contribution is -2.51. The molecule has 3 saturated carbocycles. The molecule has 3 fully saturated rings. The number of alkyl carbamates (subject to hydrolysis) is 2. The Bertz CT molecular complexity index is 1570. The number of hydrogen-bond donors (Lipinski definition) is 3. The van der Waals surface area contributed by atoms with Crippen molar-refractivity contribution in [3.05, 3.63) is 11.6 Å². The summed E-state index contributed by atoms with van der Waals surface area (Å²) in [6.07, 6.45) is 19.3. The fourth-order valence-electron chi connectivity index (χ4n) is 12.4. The molecule has 11 nitrogen and oxygen atoms in total. The molecule has 3 unspecified atom stereocenters. The summed E-state index contributed by atoms with van der Waals surface area (Å²) < 4.78 is 17.0. The molecule has 0 aromatic carbocycles. The van der Waals surface area contributed by atoms with Gasteiger partial charge in [-0.3, -0.25) is 9.59 Å². The van der Waals surface area contributed by atoms with E-state index in [0.717, 1.165) is 87.1 Å². The van der Waals surface area contributed by atoms with Gasteiger partial charge in [-0.15, -0.1) is 0 Å². The number of hydrogen-bond acceptors (Lipinski definition) is 8. The van der Waals surface area contributed by atoms with Crippen LogP contribution >= 0.6 is 0 Å². The molecule has 0 radical (unpaired) electrons. The average molecular weight is 913 g/mol. The summed E-state index contributed by atoms with van der Waals surface area (Å²) >= 11 is 0. The quantitative estimate of drug-likeness (QED) is 0.0399. The fourth-order valence-corrected chi connectivity index (χ4v) is 12.4. The van der Waals surface area contributed by atoms with E-state index in [9.17, 15) is 19.2 Å². The van der Waals surface area contributed by atoms with Crippen LogP contribution < -0.4 is 16.0 Å². The average Bonchev–Trinajstić information content (AvgIpc) is 3.54. The van der Waals surface area contributed by atoms with Crippen LogP contribution in [-0.4, -0.2) is 84.5 Å². The first kappa shape index (κ1) is 54.8. The lowest BCUT2D eigenvalue weighted by atomic mass is 9.47. The molecular weight excluding hydrogens is 817 g/mol. The van der Waals surface area contributed by atoms with E-state index in [4.69, 9.17) is 14.2 Å². The number of carbonyl (C=O) groups excluding carboxylic acids is 4. The lowest BCUT2D eigenvalue weighted by molar-refractivity contribution is -0.151. The highest BCUT2D eigenvalue weighted by molar-refractivity contribution is 5.77. The number of nitrogens with zero attached hydrogens (tertiary/aromatic N) is 1. The number of rotatable bonds is 23. The van der Waals surface area contributed by atoms with E-state index in [1.807, 2.05) is 60.3 Å². The predicted molar refractivity (Wildman–Crippen MR) is 262 cm³/mol. The van der Waals surface area contributed by atoms with E-state index < -0.39 is 23.4 Å². The zero-order chi connectivity index (χ0) is 48.2. The lowest BCUT2D eigenvalue weighted by Gasteiger charge is -2.58. The maximum absolute atomic E-state index is 13.7. The molecule has 4 aliphatic rings. The maximum atomic E-state index is 13.7. The highest BCUT2D eigenvalue weighted by Gasteiger charge is 2.59. The first-order valence-electron chi connectivity index (χ1n) is 26.3. The molecule has 11 heteroatoms. The third kappa shape index (κ3) is 17.0. The second-order valence-electron chi connectivity index (χ2n) is 24.0. The first-order valence-corrected chi connectivity index (χ1v) is 26.3. The molecule has 374 valence electrons. The minimum absolute atomic E-state index is 0.0189. The molecule has 10 atom stereocenters. The minimum Gasteiger partial charge on any atom is -0.462 e. The molecule has 3 amide bonds. The fraction of sp³-hybridized carbons (Fsp3) is 0.889. The second kappa shape index (κ2) is 24.5. The molecule has 3 N–H and O–H groups in total. The minimum atomic E-state index is -0.592. The molecule has 0 saturated heterocycles. The van der Waals surface area contributed by atoms with Crippen molar-refractivity contribution in [2.24, 2.45) is 46.3 Å². The van der Waals surface area contributed by atoms with Crippen LogP contribution in [0.3, 0.4) is 0 Å². The number of nitrogens with one attached hydrogen (secondary N) is 3. The third-order valence-electron chi connectivity index (χ3n) is 15.8. The summed E-state index contributed by atoms with van der Waals surface area (Å²) in [4.78, 5) is 53.3. The van der Waals surface area contributed by atoms with E-state index in [-0.39, 0.29) is 48.3 Å². The van der Waals surface area contributed by atoms with Gasteiger partial charge in [0.2, 0.25) is 5.91 Å². The summed E-state index contributed by atoms with van der Waals surface area (Å²) in [6, 6.07) is -0.200. The van der Waals surface area contributed by atoms with Gasteiger partial charge in [-0.2, -0.15) is 0 Å². The SMILES string of the molecule is CC(C)CCCC(C)[C@H]1CC[C@H]2[C@@H]3CC=C4C[C@@H](OC(=O)CCCC(=O)N(CCCCNCCC(C)NC(=O)OC(C)(C)C)CCC(C)NC(=O)OC(C)(C)C)CC[C@]4(C)[C@H]3CC[C@]12C. The van der Waals surface area contributed by atoms with Crippen LogP contribution in [0.4, 0.5) is 9.59 Å². The van der Waals surface area contributed by atoms with Gasteiger partial charge in [0.25, 0.3) is 0 Å². The van der Waals surface area contributed by atoms with Crippen LogP contribution in [0.15, 0.2) is 11.6 Å². The summed E-state index contributed by atoms with van der Waals surface area (Å²) in [6.45, 7) is 30.0. The normalized spacial score (nSPS) is 27.8. The van der Waals surface area contributed by atoms with E-state index in [1.165, 1.54) is 56.9 Å². The van der Waals surface area contributed by atoms with E-state index >= 15 is 0 Å². The number of carbonyl (C=O) groups is 4. The van der Waals surface area contributed by atoms with Gasteiger partial charge in [-0.25, -0.2) is 9.59 Å². The number of allylic oxidation sites excluding steroid dienone is 1. The van der Waals surface area contributed by atoms with Crippen molar-refractivity contribution in [3.8, 4) is 0 Å². The highest BCUT2D eigenvalue weighted by Crippen LogP contribution is 2.67. The van der Waals surface area contributed by atoms with Crippen molar-refractivity contribution in [1.29, 1.82) is 0 Å². The maximum Gasteiger partial charge on any atom is 0.407 e. The van der Waals surface area contributed by atoms with Crippen molar-refractivity contribution in [2.45, 2.75) is 235 Å². The number of ether oxygens (including phenoxy) is 3. The van der Waals surface area contributed by atoms with Crippen LogP contribution in [0.25, 0.3) is 0 Å². The topological polar surface area (TPSA) is 135 Å². The Morgan fingerprint density at radius 1 is 0.723 bits per heavy atom. The number of amides is 3. The van der Waals surface area contributed by atoms with Crippen molar-refractivity contribution in [3.63, 3.8) is 0 Å². The van der Waals surface area contributed by atoms with Crippen molar-refractivity contribution < 1.29 is 33.4 Å². The number of esters is 1. The largest absolute Gasteiger partial charge is 0.462 e. The molecule has 0 heterocycles. The highest BCUT2D eigenvalue weighted by atomic mass is 16.6. The summed E-state index contributed by atoms with van der Waals surface area (Å²) in [5, 5.41) is 9.23. The Morgan fingerprint density at radius 2 is 1.38 bits per heavy atom. The third-order valence-corrected chi connectivity index (χ3v) is 15.8. The van der Waals surface area contributed by atoms with Crippen LogP contribution in [0, 0.1) is 46.3 Å². The van der Waals surface area contributed by atoms with Gasteiger partial charge < -0.3 is 35.1 Å². The molecule has 0 aliphatic heterocycles. The second-order valence-corrected chi connectivity index (χ2v) is 24.0. The molecule has 0 spiro atoms. The predicted octanol–water partition coefficient (Wildman–Crippen LogP) is 11.9. The molecule has 65 heavy (non-hydrogen) atoms. The van der Waals surface area contributed by atoms with Crippen LogP contribution in [-0.2, 0) is 23.8 Å². The zero-order valence-electron chi connectivity index (χ0n) is 43.6. The van der Waals surface area contributed by atoms with Crippen molar-refractivity contribution >= 4 is 24.1 Å². The molecule has 4 rings (SSSR count). The van der Waals surface area contributed by atoms with Gasteiger partial charge in [0, 0.05) is 44.4 Å². The van der Waals surface area contributed by atoms with Crippen LogP contribution in [0.1, 0.15) is 206 Å². The van der Waals surface area contributed by atoms with Crippen molar-refractivity contribution in [1.82, 2.24) is 20.9 Å². The smallest absolute Gasteiger partial charge is 0.407 e. The van der Waals surface area contributed by atoms with Gasteiger partial charge in [0.15, 0.2) is 0 Å². The van der Waals surface area contributed by atoms with Gasteiger partial charge in [-0.05, 0) is 192 Å². The summed E-state index contributed by atoms with van der Waals surface area (Å²) in [7, 11) is 0. The Balaban J connectivity index is 1.22. The molecule has 4 aliphatic carbocycles. The Morgan fingerprint density at radius 3 is 2.03 bits per heavy atom. The van der Waals surface area contributed by atoms with Gasteiger partial charge in [0.1, 0.15) is 17.3 Å². The Hall–Kier alpha value is -2.82. The van der Waals surface area contributed by atoms with Gasteiger partial charge in [0.05, 0.1) is 0 Å². The van der Waals surface area contributed by atoms with Gasteiger partial charge >= 0.3 is 18.2 Å². The number of fused-ring (bicyclic) bond motifs is 5.